The Morgan fingerprint density at radius 1 is 1.05 bits per heavy atom. The van der Waals surface area contributed by atoms with Crippen molar-refractivity contribution in [2.75, 3.05) is 13.2 Å². The van der Waals surface area contributed by atoms with Crippen LogP contribution in [0.25, 0.3) is 0 Å². The lowest BCUT2D eigenvalue weighted by Crippen LogP contribution is -2.38. The van der Waals surface area contributed by atoms with Gasteiger partial charge in [0, 0.05) is 11.6 Å². The lowest BCUT2D eigenvalue weighted by Gasteiger charge is -2.27. The van der Waals surface area contributed by atoms with Gasteiger partial charge in [0.05, 0.1) is 5.92 Å². The molecule has 118 valence electrons. The van der Waals surface area contributed by atoms with Crippen molar-refractivity contribution in [3.63, 3.8) is 0 Å². The number of carboxylic acids is 1. The van der Waals surface area contributed by atoms with Gasteiger partial charge in [-0.15, -0.1) is 0 Å². The van der Waals surface area contributed by atoms with Crippen LogP contribution >= 0.6 is 0 Å². The normalized spacial score (nSPS) is 23.6. The maximum absolute atomic E-state index is 12.3. The Hall–Kier alpha value is -2.24. The summed E-state index contributed by atoms with van der Waals surface area (Å²) in [6.45, 7) is 1.00. The van der Waals surface area contributed by atoms with Crippen LogP contribution in [-0.4, -0.2) is 36.2 Å². The summed E-state index contributed by atoms with van der Waals surface area (Å²) in [6, 6.07) is 5.18. The van der Waals surface area contributed by atoms with Crippen LogP contribution < -0.4 is 14.8 Å². The first-order chi connectivity index (χ1) is 10.6. The summed E-state index contributed by atoms with van der Waals surface area (Å²) in [7, 11) is 0. The summed E-state index contributed by atoms with van der Waals surface area (Å²) in [5.74, 6) is 0.0769. The van der Waals surface area contributed by atoms with Gasteiger partial charge < -0.3 is 19.9 Å². The van der Waals surface area contributed by atoms with E-state index in [0.717, 1.165) is 0 Å². The fourth-order valence-corrected chi connectivity index (χ4v) is 2.94. The second kappa shape index (κ2) is 6.25. The van der Waals surface area contributed by atoms with Crippen molar-refractivity contribution in [3.8, 4) is 11.5 Å². The molecule has 0 atom stereocenters. The monoisotopic (exact) mass is 305 g/mol. The highest BCUT2D eigenvalue weighted by Crippen LogP contribution is 2.31. The van der Waals surface area contributed by atoms with Gasteiger partial charge in [0.1, 0.15) is 13.2 Å². The molecule has 1 saturated carbocycles. The number of carboxylic acid groups (broad SMARTS) is 1. The highest BCUT2D eigenvalue weighted by molar-refractivity contribution is 5.95. The average molecular weight is 305 g/mol. The molecule has 2 aliphatic rings. The van der Waals surface area contributed by atoms with Crippen LogP contribution in [0.3, 0.4) is 0 Å². The van der Waals surface area contributed by atoms with Crippen molar-refractivity contribution in [1.29, 1.82) is 0 Å². The van der Waals surface area contributed by atoms with E-state index in [0.29, 0.717) is 56.0 Å². The zero-order valence-corrected chi connectivity index (χ0v) is 12.2. The number of carbonyl (C=O) groups is 2. The van der Waals surface area contributed by atoms with Gasteiger partial charge in [-0.25, -0.2) is 0 Å². The number of hydrogen-bond donors (Lipinski definition) is 2. The minimum Gasteiger partial charge on any atom is -0.486 e. The van der Waals surface area contributed by atoms with E-state index < -0.39 is 5.97 Å². The number of carbonyl (C=O) groups excluding carboxylic acids is 1. The standard InChI is InChI=1S/C16H19NO5/c18-15(17-12-4-1-10(2-5-12)16(19)20)11-3-6-13-14(9-11)22-8-7-21-13/h3,6,9-10,12H,1-2,4-5,7-8H2,(H,17,18)(H,19,20). The summed E-state index contributed by atoms with van der Waals surface area (Å²) in [5, 5.41) is 12.0. The molecule has 1 amide bonds. The van der Waals surface area contributed by atoms with Gasteiger partial charge in [-0.05, 0) is 43.9 Å². The van der Waals surface area contributed by atoms with Crippen molar-refractivity contribution >= 4 is 11.9 Å². The second-order valence-corrected chi connectivity index (χ2v) is 5.72. The topological polar surface area (TPSA) is 84.9 Å². The number of fused-ring (bicyclic) bond motifs is 1. The van der Waals surface area contributed by atoms with Crippen molar-refractivity contribution in [3.05, 3.63) is 23.8 Å². The summed E-state index contributed by atoms with van der Waals surface area (Å²) in [5.41, 5.74) is 0.532. The Balaban J connectivity index is 1.59. The molecule has 6 heteroatoms. The molecule has 1 aromatic rings. The Morgan fingerprint density at radius 3 is 2.41 bits per heavy atom. The molecule has 1 aromatic carbocycles. The zero-order valence-electron chi connectivity index (χ0n) is 12.2. The molecule has 0 saturated heterocycles. The number of aliphatic carboxylic acids is 1. The Bertz CT molecular complexity index is 578. The first-order valence-corrected chi connectivity index (χ1v) is 7.57. The van der Waals surface area contributed by atoms with Gasteiger partial charge in [0.15, 0.2) is 11.5 Å². The van der Waals surface area contributed by atoms with Crippen LogP contribution in [-0.2, 0) is 4.79 Å². The van der Waals surface area contributed by atoms with Crippen LogP contribution in [0.15, 0.2) is 18.2 Å². The van der Waals surface area contributed by atoms with Gasteiger partial charge in [-0.2, -0.15) is 0 Å². The maximum atomic E-state index is 12.3. The lowest BCUT2D eigenvalue weighted by molar-refractivity contribution is -0.142. The lowest BCUT2D eigenvalue weighted by atomic mass is 9.86. The number of amides is 1. The Kier molecular flexibility index (Phi) is 4.18. The Morgan fingerprint density at radius 2 is 1.73 bits per heavy atom. The zero-order chi connectivity index (χ0) is 15.5. The largest absolute Gasteiger partial charge is 0.486 e. The van der Waals surface area contributed by atoms with E-state index in [2.05, 4.69) is 5.32 Å². The van der Waals surface area contributed by atoms with Gasteiger partial charge in [-0.1, -0.05) is 0 Å². The summed E-state index contributed by atoms with van der Waals surface area (Å²) in [4.78, 5) is 23.2. The van der Waals surface area contributed by atoms with E-state index in [1.807, 2.05) is 0 Å². The fraction of sp³-hybridized carbons (Fsp3) is 0.500. The van der Waals surface area contributed by atoms with Gasteiger partial charge in [0.25, 0.3) is 5.91 Å². The second-order valence-electron chi connectivity index (χ2n) is 5.72. The molecule has 22 heavy (non-hydrogen) atoms. The first-order valence-electron chi connectivity index (χ1n) is 7.57. The smallest absolute Gasteiger partial charge is 0.306 e. The number of benzene rings is 1. The van der Waals surface area contributed by atoms with Crippen molar-refractivity contribution < 1.29 is 24.2 Å². The van der Waals surface area contributed by atoms with Crippen LogP contribution in [0.1, 0.15) is 36.0 Å². The average Bonchev–Trinajstić information content (AvgIpc) is 2.55. The molecule has 3 rings (SSSR count). The van der Waals surface area contributed by atoms with Crippen molar-refractivity contribution in [2.45, 2.75) is 31.7 Å². The third-order valence-corrected chi connectivity index (χ3v) is 4.22. The molecule has 1 aliphatic heterocycles. The molecule has 0 spiro atoms. The third-order valence-electron chi connectivity index (χ3n) is 4.22. The molecular weight excluding hydrogens is 286 g/mol. The molecule has 2 N–H and O–H groups in total. The number of rotatable bonds is 3. The Labute approximate surface area is 128 Å². The van der Waals surface area contributed by atoms with Gasteiger partial charge in [-0.3, -0.25) is 9.59 Å². The molecule has 0 bridgehead atoms. The van der Waals surface area contributed by atoms with E-state index in [1.54, 1.807) is 18.2 Å². The van der Waals surface area contributed by atoms with E-state index in [-0.39, 0.29) is 17.9 Å². The van der Waals surface area contributed by atoms with E-state index in [9.17, 15) is 9.59 Å². The predicted molar refractivity (Wildman–Crippen MR) is 78.3 cm³/mol. The predicted octanol–water partition coefficient (Wildman–Crippen LogP) is 1.83. The van der Waals surface area contributed by atoms with Gasteiger partial charge >= 0.3 is 5.97 Å². The van der Waals surface area contributed by atoms with Gasteiger partial charge in [0.2, 0.25) is 0 Å². The molecule has 6 nitrogen and oxygen atoms in total. The maximum Gasteiger partial charge on any atom is 0.306 e. The first kappa shape index (κ1) is 14.7. The van der Waals surface area contributed by atoms with E-state index in [1.165, 1.54) is 0 Å². The quantitative estimate of drug-likeness (QED) is 0.890. The van der Waals surface area contributed by atoms with Crippen molar-refractivity contribution in [2.24, 2.45) is 5.92 Å². The molecule has 0 aromatic heterocycles. The third kappa shape index (κ3) is 3.16. The van der Waals surface area contributed by atoms with Crippen LogP contribution in [0, 0.1) is 5.92 Å². The molecule has 1 fully saturated rings. The highest BCUT2D eigenvalue weighted by Gasteiger charge is 2.27. The molecule has 1 aliphatic carbocycles. The summed E-state index contributed by atoms with van der Waals surface area (Å²) >= 11 is 0. The SMILES string of the molecule is O=C(NC1CCC(C(=O)O)CC1)c1ccc2c(c1)OCCO2. The van der Waals surface area contributed by atoms with Crippen molar-refractivity contribution in [1.82, 2.24) is 5.32 Å². The minimum absolute atomic E-state index is 0.0382. The van der Waals surface area contributed by atoms with Crippen LogP contribution in [0.4, 0.5) is 0 Å². The van der Waals surface area contributed by atoms with E-state index >= 15 is 0 Å². The highest BCUT2D eigenvalue weighted by atomic mass is 16.6. The number of hydrogen-bond acceptors (Lipinski definition) is 4. The minimum atomic E-state index is -0.739. The summed E-state index contributed by atoms with van der Waals surface area (Å²) < 4.78 is 10.9. The molecule has 1 heterocycles. The van der Waals surface area contributed by atoms with Crippen LogP contribution in [0.2, 0.25) is 0 Å². The number of nitrogens with one attached hydrogen (secondary N) is 1. The van der Waals surface area contributed by atoms with Crippen LogP contribution in [0.5, 0.6) is 11.5 Å². The summed E-state index contributed by atoms with van der Waals surface area (Å²) in [6.07, 6.45) is 2.63. The molecular formula is C16H19NO5. The van der Waals surface area contributed by atoms with E-state index in [4.69, 9.17) is 14.6 Å². The number of ether oxygens (including phenoxy) is 2. The molecule has 0 unspecified atom stereocenters. The fourth-order valence-electron chi connectivity index (χ4n) is 2.94. The molecule has 0 radical (unpaired) electrons.